The van der Waals surface area contributed by atoms with Crippen LogP contribution < -0.4 is 14.8 Å². The molecule has 2 N–H and O–H groups in total. The quantitative estimate of drug-likeness (QED) is 0.896. The van der Waals surface area contributed by atoms with Gasteiger partial charge < -0.3 is 19.9 Å². The lowest BCUT2D eigenvalue weighted by Crippen LogP contribution is -2.14. The Hall–Kier alpha value is -1.62. The van der Waals surface area contributed by atoms with Crippen molar-refractivity contribution in [3.63, 3.8) is 0 Å². The molecule has 0 bridgehead atoms. The zero-order valence-electron chi connectivity index (χ0n) is 11.0. The average molecular weight is 326 g/mol. The molecule has 0 radical (unpaired) electrons. The second kappa shape index (κ2) is 6.02. The van der Waals surface area contributed by atoms with E-state index in [-0.39, 0.29) is 19.4 Å². The van der Waals surface area contributed by atoms with Gasteiger partial charge in [-0.1, -0.05) is 29.3 Å². The maximum atomic E-state index is 9.64. The lowest BCUT2D eigenvalue weighted by atomic mass is 10.1. The van der Waals surface area contributed by atoms with E-state index in [9.17, 15) is 5.11 Å². The standard InChI is InChI=1S/C15H13Cl2NO3/c16-10-2-1-3-11(6-10)18-13(7-19)9-4-12(17)15-14(5-9)20-8-21-15/h1-6,13,18-19H,7-8H2. The Kier molecular flexibility index (Phi) is 4.10. The highest BCUT2D eigenvalue weighted by molar-refractivity contribution is 6.32. The Labute approximate surface area is 132 Å². The molecule has 2 aromatic rings. The van der Waals surface area contributed by atoms with Crippen LogP contribution in [0.15, 0.2) is 36.4 Å². The molecular formula is C15H13Cl2NO3. The van der Waals surface area contributed by atoms with Gasteiger partial charge in [-0.2, -0.15) is 0 Å². The zero-order valence-corrected chi connectivity index (χ0v) is 12.5. The zero-order chi connectivity index (χ0) is 14.8. The maximum Gasteiger partial charge on any atom is 0.231 e. The van der Waals surface area contributed by atoms with E-state index >= 15 is 0 Å². The van der Waals surface area contributed by atoms with Gasteiger partial charge in [0.1, 0.15) is 0 Å². The molecule has 21 heavy (non-hydrogen) atoms. The van der Waals surface area contributed by atoms with Crippen LogP contribution in [-0.4, -0.2) is 18.5 Å². The summed E-state index contributed by atoms with van der Waals surface area (Å²) >= 11 is 12.1. The van der Waals surface area contributed by atoms with Gasteiger partial charge in [-0.25, -0.2) is 0 Å². The Morgan fingerprint density at radius 2 is 2.05 bits per heavy atom. The van der Waals surface area contributed by atoms with Crippen molar-refractivity contribution in [1.82, 2.24) is 0 Å². The van der Waals surface area contributed by atoms with Gasteiger partial charge in [0.15, 0.2) is 11.5 Å². The van der Waals surface area contributed by atoms with Crippen LogP contribution in [0, 0.1) is 0 Å². The summed E-state index contributed by atoms with van der Waals surface area (Å²) in [6, 6.07) is 10.5. The number of halogens is 2. The van der Waals surface area contributed by atoms with Crippen LogP contribution >= 0.6 is 23.2 Å². The summed E-state index contributed by atoms with van der Waals surface area (Å²) in [5.74, 6) is 1.13. The molecular weight excluding hydrogens is 313 g/mol. The Balaban J connectivity index is 1.88. The lowest BCUT2D eigenvalue weighted by Gasteiger charge is -2.19. The summed E-state index contributed by atoms with van der Waals surface area (Å²) in [6.07, 6.45) is 0. The van der Waals surface area contributed by atoms with E-state index in [4.69, 9.17) is 32.7 Å². The molecule has 1 heterocycles. The summed E-state index contributed by atoms with van der Waals surface area (Å²) in [6.45, 7) is 0.0620. The molecule has 6 heteroatoms. The predicted molar refractivity (Wildman–Crippen MR) is 82.5 cm³/mol. The highest BCUT2D eigenvalue weighted by Crippen LogP contribution is 2.41. The van der Waals surface area contributed by atoms with Crippen molar-refractivity contribution in [3.8, 4) is 11.5 Å². The summed E-state index contributed by atoms with van der Waals surface area (Å²) in [7, 11) is 0. The van der Waals surface area contributed by atoms with Crippen molar-refractivity contribution < 1.29 is 14.6 Å². The largest absolute Gasteiger partial charge is 0.454 e. The predicted octanol–water partition coefficient (Wildman–Crippen LogP) is 3.87. The topological polar surface area (TPSA) is 50.7 Å². The minimum absolute atomic E-state index is 0.0948. The number of fused-ring (bicyclic) bond motifs is 1. The minimum Gasteiger partial charge on any atom is -0.454 e. The van der Waals surface area contributed by atoms with E-state index in [2.05, 4.69) is 5.32 Å². The minimum atomic E-state index is -0.324. The first-order chi connectivity index (χ1) is 10.2. The number of nitrogens with one attached hydrogen (secondary N) is 1. The monoisotopic (exact) mass is 325 g/mol. The van der Waals surface area contributed by atoms with Gasteiger partial charge in [-0.05, 0) is 35.9 Å². The van der Waals surface area contributed by atoms with E-state index in [1.807, 2.05) is 18.2 Å². The highest BCUT2D eigenvalue weighted by atomic mass is 35.5. The van der Waals surface area contributed by atoms with Crippen molar-refractivity contribution in [2.45, 2.75) is 6.04 Å². The molecule has 0 amide bonds. The molecule has 110 valence electrons. The number of ether oxygens (including phenoxy) is 2. The molecule has 0 fully saturated rings. The Bertz CT molecular complexity index is 663. The van der Waals surface area contributed by atoms with E-state index in [0.717, 1.165) is 11.3 Å². The van der Waals surface area contributed by atoms with E-state index in [0.29, 0.717) is 21.5 Å². The fourth-order valence-corrected chi connectivity index (χ4v) is 2.67. The second-order valence-electron chi connectivity index (χ2n) is 4.63. The first kappa shape index (κ1) is 14.3. The van der Waals surface area contributed by atoms with Crippen LogP contribution in [0.3, 0.4) is 0 Å². The summed E-state index contributed by atoms with van der Waals surface area (Å²) in [4.78, 5) is 0. The number of anilines is 1. The Morgan fingerprint density at radius 3 is 2.81 bits per heavy atom. The average Bonchev–Trinajstić information content (AvgIpc) is 2.93. The molecule has 0 spiro atoms. The highest BCUT2D eigenvalue weighted by Gasteiger charge is 2.21. The molecule has 1 aliphatic rings. The van der Waals surface area contributed by atoms with Crippen LogP contribution in [0.5, 0.6) is 11.5 Å². The third-order valence-electron chi connectivity index (χ3n) is 3.20. The third kappa shape index (κ3) is 3.02. The molecule has 1 aliphatic heterocycles. The van der Waals surface area contributed by atoms with Gasteiger partial charge in [-0.3, -0.25) is 0 Å². The molecule has 4 nitrogen and oxygen atoms in total. The van der Waals surface area contributed by atoms with Crippen LogP contribution in [0.2, 0.25) is 10.0 Å². The van der Waals surface area contributed by atoms with Gasteiger partial charge in [0.05, 0.1) is 17.7 Å². The number of hydrogen-bond acceptors (Lipinski definition) is 4. The van der Waals surface area contributed by atoms with Crippen LogP contribution in [-0.2, 0) is 0 Å². The SMILES string of the molecule is OCC(Nc1cccc(Cl)c1)c1cc(Cl)c2c(c1)OCO2. The molecule has 0 saturated carbocycles. The molecule has 2 aromatic carbocycles. The van der Waals surface area contributed by atoms with Crippen LogP contribution in [0.25, 0.3) is 0 Å². The van der Waals surface area contributed by atoms with Gasteiger partial charge in [-0.15, -0.1) is 0 Å². The van der Waals surface area contributed by atoms with E-state index in [1.54, 1.807) is 18.2 Å². The molecule has 0 aliphatic carbocycles. The molecule has 0 aromatic heterocycles. The van der Waals surface area contributed by atoms with Gasteiger partial charge >= 0.3 is 0 Å². The Morgan fingerprint density at radius 1 is 1.19 bits per heavy atom. The first-order valence-electron chi connectivity index (χ1n) is 6.39. The summed E-state index contributed by atoms with van der Waals surface area (Å²) in [5.41, 5.74) is 1.63. The molecule has 1 atom stereocenters. The van der Waals surface area contributed by atoms with Crippen molar-refractivity contribution in [1.29, 1.82) is 0 Å². The fraction of sp³-hybridized carbons (Fsp3) is 0.200. The lowest BCUT2D eigenvalue weighted by molar-refractivity contribution is 0.174. The van der Waals surface area contributed by atoms with Gasteiger partial charge in [0.2, 0.25) is 6.79 Å². The van der Waals surface area contributed by atoms with Gasteiger partial charge in [0.25, 0.3) is 0 Å². The number of aliphatic hydroxyl groups excluding tert-OH is 1. The van der Waals surface area contributed by atoms with Crippen LogP contribution in [0.4, 0.5) is 5.69 Å². The fourth-order valence-electron chi connectivity index (χ4n) is 2.20. The second-order valence-corrected chi connectivity index (χ2v) is 5.47. The normalized spacial score (nSPS) is 14.0. The van der Waals surface area contributed by atoms with Crippen molar-refractivity contribution in [2.24, 2.45) is 0 Å². The summed E-state index contributed by atoms with van der Waals surface area (Å²) < 4.78 is 10.6. The maximum absolute atomic E-state index is 9.64. The number of rotatable bonds is 4. The van der Waals surface area contributed by atoms with E-state index in [1.165, 1.54) is 0 Å². The van der Waals surface area contributed by atoms with Gasteiger partial charge in [0, 0.05) is 10.7 Å². The number of benzene rings is 2. The van der Waals surface area contributed by atoms with E-state index < -0.39 is 0 Å². The molecule has 0 saturated heterocycles. The molecule has 1 unspecified atom stereocenters. The summed E-state index contributed by atoms with van der Waals surface area (Å²) in [5, 5.41) is 13.9. The molecule has 3 rings (SSSR count). The van der Waals surface area contributed by atoms with Crippen molar-refractivity contribution >= 4 is 28.9 Å². The van der Waals surface area contributed by atoms with Crippen molar-refractivity contribution in [2.75, 3.05) is 18.7 Å². The number of aliphatic hydroxyl groups is 1. The smallest absolute Gasteiger partial charge is 0.231 e. The van der Waals surface area contributed by atoms with Crippen LogP contribution in [0.1, 0.15) is 11.6 Å². The third-order valence-corrected chi connectivity index (χ3v) is 3.72. The van der Waals surface area contributed by atoms with Crippen molar-refractivity contribution in [3.05, 3.63) is 52.0 Å². The first-order valence-corrected chi connectivity index (χ1v) is 7.15. The number of hydrogen-bond donors (Lipinski definition) is 2.